The Bertz CT molecular complexity index is 314. The van der Waals surface area contributed by atoms with Gasteiger partial charge < -0.3 is 15.3 Å². The fourth-order valence-corrected chi connectivity index (χ4v) is 2.89. The van der Waals surface area contributed by atoms with Crippen molar-refractivity contribution in [3.63, 3.8) is 0 Å². The molecule has 0 saturated heterocycles. The van der Waals surface area contributed by atoms with E-state index in [-0.39, 0.29) is 18.5 Å². The molecule has 1 unspecified atom stereocenters. The van der Waals surface area contributed by atoms with Crippen molar-refractivity contribution in [2.24, 2.45) is 0 Å². The average molecular weight is 284 g/mol. The predicted octanol–water partition coefficient (Wildman–Crippen LogP) is 2.99. The third-order valence-corrected chi connectivity index (χ3v) is 4.01. The number of aliphatic carboxylic acids is 1. The first kappa shape index (κ1) is 16.8. The van der Waals surface area contributed by atoms with Gasteiger partial charge in [0.05, 0.1) is 0 Å². The zero-order chi connectivity index (χ0) is 15.0. The van der Waals surface area contributed by atoms with Crippen molar-refractivity contribution in [1.82, 2.24) is 10.2 Å². The SMILES string of the molecule is CCN(C(=O)NC(C)CCCC(=O)O)C1CCCCC1. The molecule has 0 aromatic heterocycles. The molecule has 1 saturated carbocycles. The zero-order valence-electron chi connectivity index (χ0n) is 12.7. The smallest absolute Gasteiger partial charge is 0.317 e. The van der Waals surface area contributed by atoms with Crippen LogP contribution in [-0.4, -0.2) is 40.6 Å². The molecule has 0 aliphatic heterocycles. The number of carbonyl (C=O) groups excluding carboxylic acids is 1. The van der Waals surface area contributed by atoms with E-state index >= 15 is 0 Å². The van der Waals surface area contributed by atoms with Gasteiger partial charge in [-0.1, -0.05) is 19.3 Å². The van der Waals surface area contributed by atoms with Gasteiger partial charge in [0.25, 0.3) is 0 Å². The maximum absolute atomic E-state index is 12.3. The molecule has 5 nitrogen and oxygen atoms in total. The first-order chi connectivity index (χ1) is 9.54. The molecule has 0 aromatic carbocycles. The number of hydrogen-bond donors (Lipinski definition) is 2. The van der Waals surface area contributed by atoms with E-state index in [2.05, 4.69) is 5.32 Å². The molecule has 1 rings (SSSR count). The van der Waals surface area contributed by atoms with Gasteiger partial charge in [0.15, 0.2) is 0 Å². The number of amides is 2. The molecule has 0 radical (unpaired) electrons. The highest BCUT2D eigenvalue weighted by atomic mass is 16.4. The molecule has 2 N–H and O–H groups in total. The van der Waals surface area contributed by atoms with Gasteiger partial charge >= 0.3 is 12.0 Å². The highest BCUT2D eigenvalue weighted by Gasteiger charge is 2.24. The normalized spacial score (nSPS) is 17.5. The summed E-state index contributed by atoms with van der Waals surface area (Å²) < 4.78 is 0. The van der Waals surface area contributed by atoms with Crippen molar-refractivity contribution in [2.45, 2.75) is 77.3 Å². The van der Waals surface area contributed by atoms with Gasteiger partial charge in [-0.15, -0.1) is 0 Å². The number of rotatable bonds is 7. The molecule has 1 atom stereocenters. The van der Waals surface area contributed by atoms with Crippen LogP contribution in [0.1, 0.15) is 65.2 Å². The van der Waals surface area contributed by atoms with Gasteiger partial charge in [-0.3, -0.25) is 4.79 Å². The first-order valence-electron chi connectivity index (χ1n) is 7.83. The van der Waals surface area contributed by atoms with Crippen LogP contribution in [0.5, 0.6) is 0 Å². The number of carboxylic acids is 1. The fourth-order valence-electron chi connectivity index (χ4n) is 2.89. The summed E-state index contributed by atoms with van der Waals surface area (Å²) in [7, 11) is 0. The lowest BCUT2D eigenvalue weighted by molar-refractivity contribution is -0.137. The van der Waals surface area contributed by atoms with Crippen molar-refractivity contribution < 1.29 is 14.7 Å². The van der Waals surface area contributed by atoms with E-state index in [1.165, 1.54) is 19.3 Å². The Morgan fingerprint density at radius 2 is 1.95 bits per heavy atom. The summed E-state index contributed by atoms with van der Waals surface area (Å²) in [5.41, 5.74) is 0. The summed E-state index contributed by atoms with van der Waals surface area (Å²) in [6, 6.07) is 0.404. The van der Waals surface area contributed by atoms with E-state index in [9.17, 15) is 9.59 Å². The minimum absolute atomic E-state index is 0.00206. The van der Waals surface area contributed by atoms with Crippen molar-refractivity contribution in [2.75, 3.05) is 6.54 Å². The second kappa shape index (κ2) is 8.82. The molecule has 116 valence electrons. The highest BCUT2D eigenvalue weighted by molar-refractivity contribution is 5.74. The van der Waals surface area contributed by atoms with E-state index in [1.807, 2.05) is 18.7 Å². The molecule has 2 amide bonds. The van der Waals surface area contributed by atoms with Crippen molar-refractivity contribution in [3.8, 4) is 0 Å². The molecule has 1 aliphatic carbocycles. The number of carboxylic acid groups (broad SMARTS) is 1. The van der Waals surface area contributed by atoms with Crippen LogP contribution >= 0.6 is 0 Å². The maximum atomic E-state index is 12.3. The number of urea groups is 1. The summed E-state index contributed by atoms with van der Waals surface area (Å²) in [5, 5.41) is 11.6. The van der Waals surface area contributed by atoms with Crippen LogP contribution in [0.25, 0.3) is 0 Å². The van der Waals surface area contributed by atoms with Gasteiger partial charge in [0.2, 0.25) is 0 Å². The molecule has 0 bridgehead atoms. The second-order valence-corrected chi connectivity index (χ2v) is 5.71. The summed E-state index contributed by atoms with van der Waals surface area (Å²) in [6.45, 7) is 4.69. The Kier molecular flexibility index (Phi) is 7.41. The topological polar surface area (TPSA) is 69.6 Å². The molecule has 5 heteroatoms. The number of carbonyl (C=O) groups is 2. The lowest BCUT2D eigenvalue weighted by atomic mass is 9.94. The lowest BCUT2D eigenvalue weighted by Gasteiger charge is -2.34. The van der Waals surface area contributed by atoms with Crippen LogP contribution in [0.4, 0.5) is 4.79 Å². The van der Waals surface area contributed by atoms with Gasteiger partial charge in [-0.25, -0.2) is 4.79 Å². The van der Waals surface area contributed by atoms with E-state index in [1.54, 1.807) is 0 Å². The van der Waals surface area contributed by atoms with Crippen LogP contribution in [0, 0.1) is 0 Å². The first-order valence-corrected chi connectivity index (χ1v) is 7.83. The maximum Gasteiger partial charge on any atom is 0.317 e. The zero-order valence-corrected chi connectivity index (χ0v) is 12.7. The molecule has 20 heavy (non-hydrogen) atoms. The fraction of sp³-hybridized carbons (Fsp3) is 0.867. The Morgan fingerprint density at radius 1 is 1.30 bits per heavy atom. The van der Waals surface area contributed by atoms with Crippen LogP contribution in [0.15, 0.2) is 0 Å². The second-order valence-electron chi connectivity index (χ2n) is 5.71. The Hall–Kier alpha value is -1.26. The van der Waals surface area contributed by atoms with Gasteiger partial charge in [-0.2, -0.15) is 0 Å². The number of nitrogens with zero attached hydrogens (tertiary/aromatic N) is 1. The van der Waals surface area contributed by atoms with E-state index in [0.29, 0.717) is 18.9 Å². The minimum atomic E-state index is -0.777. The summed E-state index contributed by atoms with van der Waals surface area (Å²) in [5.74, 6) is -0.777. The van der Waals surface area contributed by atoms with Gasteiger partial charge in [0.1, 0.15) is 0 Å². The standard InChI is InChI=1S/C15H28N2O3/c1-3-17(13-9-5-4-6-10-13)15(20)16-12(2)8-7-11-14(18)19/h12-13H,3-11H2,1-2H3,(H,16,20)(H,18,19). The van der Waals surface area contributed by atoms with Crippen LogP contribution in [0.2, 0.25) is 0 Å². The van der Waals surface area contributed by atoms with Crippen LogP contribution < -0.4 is 5.32 Å². The molecule has 1 fully saturated rings. The predicted molar refractivity (Wildman–Crippen MR) is 78.7 cm³/mol. The van der Waals surface area contributed by atoms with E-state index < -0.39 is 5.97 Å². The van der Waals surface area contributed by atoms with E-state index in [0.717, 1.165) is 19.4 Å². The van der Waals surface area contributed by atoms with Crippen molar-refractivity contribution in [3.05, 3.63) is 0 Å². The summed E-state index contributed by atoms with van der Waals surface area (Å²) in [4.78, 5) is 24.7. The molecular formula is C15H28N2O3. The Labute approximate surface area is 121 Å². The monoisotopic (exact) mass is 284 g/mol. The lowest BCUT2D eigenvalue weighted by Crippen LogP contribution is -2.49. The molecule has 0 heterocycles. The van der Waals surface area contributed by atoms with Gasteiger partial charge in [0, 0.05) is 25.0 Å². The van der Waals surface area contributed by atoms with E-state index in [4.69, 9.17) is 5.11 Å². The third kappa shape index (κ3) is 5.80. The summed E-state index contributed by atoms with van der Waals surface area (Å²) in [6.07, 6.45) is 7.39. The Morgan fingerprint density at radius 3 is 2.50 bits per heavy atom. The van der Waals surface area contributed by atoms with Crippen molar-refractivity contribution in [1.29, 1.82) is 0 Å². The quantitative estimate of drug-likeness (QED) is 0.755. The van der Waals surface area contributed by atoms with Crippen LogP contribution in [0.3, 0.4) is 0 Å². The minimum Gasteiger partial charge on any atom is -0.481 e. The molecular weight excluding hydrogens is 256 g/mol. The van der Waals surface area contributed by atoms with Crippen molar-refractivity contribution >= 4 is 12.0 Å². The third-order valence-electron chi connectivity index (χ3n) is 4.01. The largest absolute Gasteiger partial charge is 0.481 e. The summed E-state index contributed by atoms with van der Waals surface area (Å²) >= 11 is 0. The molecule has 0 aromatic rings. The highest BCUT2D eigenvalue weighted by Crippen LogP contribution is 2.22. The van der Waals surface area contributed by atoms with Gasteiger partial charge in [-0.05, 0) is 39.5 Å². The Balaban J connectivity index is 2.35. The molecule has 1 aliphatic rings. The van der Waals surface area contributed by atoms with Crippen LogP contribution in [-0.2, 0) is 4.79 Å². The molecule has 0 spiro atoms. The average Bonchev–Trinajstić information content (AvgIpc) is 2.40. The number of hydrogen-bond acceptors (Lipinski definition) is 2. The number of nitrogens with one attached hydrogen (secondary N) is 1.